The van der Waals surface area contributed by atoms with Crippen molar-refractivity contribution >= 4 is 0 Å². The minimum absolute atomic E-state index is 0.660. The highest BCUT2D eigenvalue weighted by Gasteiger charge is 2.30. The highest BCUT2D eigenvalue weighted by Crippen LogP contribution is 2.42. The maximum Gasteiger partial charge on any atom is 0.162 e. The first-order valence-corrected chi connectivity index (χ1v) is 6.55. The lowest BCUT2D eigenvalue weighted by Gasteiger charge is -2.19. The first kappa shape index (κ1) is 10.3. The Morgan fingerprint density at radius 1 is 1.28 bits per heavy atom. The van der Waals surface area contributed by atoms with Gasteiger partial charge in [0.1, 0.15) is 6.26 Å². The molecule has 18 heavy (non-hydrogen) atoms. The third kappa shape index (κ3) is 1.64. The van der Waals surface area contributed by atoms with Gasteiger partial charge in [0, 0.05) is 31.0 Å². The molecule has 1 fully saturated rings. The molecule has 92 valence electrons. The van der Waals surface area contributed by atoms with Gasteiger partial charge < -0.3 is 9.73 Å². The van der Waals surface area contributed by atoms with E-state index in [9.17, 15) is 0 Å². The van der Waals surface area contributed by atoms with E-state index in [0.29, 0.717) is 5.92 Å². The van der Waals surface area contributed by atoms with Gasteiger partial charge in [-0.1, -0.05) is 0 Å². The van der Waals surface area contributed by atoms with E-state index >= 15 is 0 Å². The summed E-state index contributed by atoms with van der Waals surface area (Å²) in [6.45, 7) is 1.94. The second-order valence-electron chi connectivity index (χ2n) is 5.07. The van der Waals surface area contributed by atoms with Gasteiger partial charge in [-0.05, 0) is 18.9 Å². The minimum Gasteiger partial charge on any atom is -0.472 e. The van der Waals surface area contributed by atoms with Crippen molar-refractivity contribution in [2.75, 3.05) is 6.54 Å². The first-order chi connectivity index (χ1) is 8.92. The van der Waals surface area contributed by atoms with Gasteiger partial charge >= 0.3 is 0 Å². The van der Waals surface area contributed by atoms with Gasteiger partial charge in [-0.3, -0.25) is 0 Å². The molecule has 0 spiro atoms. The van der Waals surface area contributed by atoms with Crippen LogP contribution in [0.3, 0.4) is 0 Å². The molecule has 0 aromatic carbocycles. The van der Waals surface area contributed by atoms with Crippen LogP contribution in [-0.4, -0.2) is 16.5 Å². The Kier molecular flexibility index (Phi) is 2.23. The van der Waals surface area contributed by atoms with E-state index in [0.717, 1.165) is 30.9 Å². The predicted octanol–water partition coefficient (Wildman–Crippen LogP) is 2.26. The minimum atomic E-state index is 0.660. The van der Waals surface area contributed by atoms with Gasteiger partial charge in [0.25, 0.3) is 0 Å². The third-order valence-electron chi connectivity index (χ3n) is 3.71. The van der Waals surface area contributed by atoms with Crippen molar-refractivity contribution in [1.29, 1.82) is 0 Å². The molecule has 0 bridgehead atoms. The molecule has 0 unspecified atom stereocenters. The van der Waals surface area contributed by atoms with Crippen molar-refractivity contribution in [3.05, 3.63) is 35.5 Å². The fraction of sp³-hybridized carbons (Fsp3) is 0.429. The second-order valence-corrected chi connectivity index (χ2v) is 5.07. The third-order valence-corrected chi connectivity index (χ3v) is 3.71. The lowest BCUT2D eigenvalue weighted by atomic mass is 10.0. The summed E-state index contributed by atoms with van der Waals surface area (Å²) in [6, 6.07) is 1.93. The summed E-state index contributed by atoms with van der Waals surface area (Å²) in [5.74, 6) is 1.48. The highest BCUT2D eigenvalue weighted by molar-refractivity contribution is 5.54. The van der Waals surface area contributed by atoms with E-state index in [1.165, 1.54) is 29.8 Å². The summed E-state index contributed by atoms with van der Waals surface area (Å²) in [6.07, 6.45) is 6.95. The lowest BCUT2D eigenvalue weighted by molar-refractivity contribution is 0.567. The Balaban J connectivity index is 1.87. The number of nitrogens with zero attached hydrogens (tertiary/aromatic N) is 2. The quantitative estimate of drug-likeness (QED) is 0.876. The summed E-state index contributed by atoms with van der Waals surface area (Å²) in [5, 5.41) is 3.42. The van der Waals surface area contributed by atoms with Crippen LogP contribution in [-0.2, 0) is 13.0 Å². The molecule has 0 atom stereocenters. The van der Waals surface area contributed by atoms with E-state index in [4.69, 9.17) is 14.4 Å². The van der Waals surface area contributed by atoms with E-state index in [-0.39, 0.29) is 0 Å². The zero-order valence-electron chi connectivity index (χ0n) is 10.1. The SMILES string of the molecule is c1cc(-c2nc3c(c(C4CC4)n2)CNCC3)co1. The molecule has 4 rings (SSSR count). The van der Waals surface area contributed by atoms with Crippen LogP contribution < -0.4 is 5.32 Å². The summed E-state index contributed by atoms with van der Waals surface area (Å²) < 4.78 is 5.14. The molecule has 4 heteroatoms. The summed E-state index contributed by atoms with van der Waals surface area (Å²) in [7, 11) is 0. The van der Waals surface area contributed by atoms with E-state index in [1.54, 1.807) is 12.5 Å². The molecule has 2 aromatic heterocycles. The van der Waals surface area contributed by atoms with Crippen molar-refractivity contribution in [2.45, 2.75) is 31.7 Å². The van der Waals surface area contributed by atoms with Gasteiger partial charge in [-0.25, -0.2) is 9.97 Å². The maximum absolute atomic E-state index is 5.14. The van der Waals surface area contributed by atoms with Crippen molar-refractivity contribution in [1.82, 2.24) is 15.3 Å². The largest absolute Gasteiger partial charge is 0.472 e. The zero-order valence-corrected chi connectivity index (χ0v) is 10.1. The number of aromatic nitrogens is 2. The Hall–Kier alpha value is -1.68. The second kappa shape index (κ2) is 3.92. The van der Waals surface area contributed by atoms with E-state index in [1.807, 2.05) is 6.07 Å². The summed E-state index contributed by atoms with van der Waals surface area (Å²) in [4.78, 5) is 9.49. The monoisotopic (exact) mass is 241 g/mol. The van der Waals surface area contributed by atoms with Crippen molar-refractivity contribution in [3.63, 3.8) is 0 Å². The zero-order chi connectivity index (χ0) is 11.9. The number of nitrogens with one attached hydrogen (secondary N) is 1. The van der Waals surface area contributed by atoms with Crippen molar-refractivity contribution in [3.8, 4) is 11.4 Å². The Morgan fingerprint density at radius 2 is 2.22 bits per heavy atom. The van der Waals surface area contributed by atoms with E-state index < -0.39 is 0 Å². The fourth-order valence-electron chi connectivity index (χ4n) is 2.58. The van der Waals surface area contributed by atoms with Gasteiger partial charge in [0.15, 0.2) is 5.82 Å². The molecule has 4 nitrogen and oxygen atoms in total. The lowest BCUT2D eigenvalue weighted by Crippen LogP contribution is -2.26. The number of hydrogen-bond acceptors (Lipinski definition) is 4. The number of furan rings is 1. The normalized spacial score (nSPS) is 18.7. The highest BCUT2D eigenvalue weighted by atomic mass is 16.3. The van der Waals surface area contributed by atoms with Crippen molar-refractivity contribution < 1.29 is 4.42 Å². The molecule has 3 heterocycles. The first-order valence-electron chi connectivity index (χ1n) is 6.55. The van der Waals surface area contributed by atoms with Crippen LogP contribution in [0.1, 0.15) is 35.7 Å². The van der Waals surface area contributed by atoms with Crippen LogP contribution in [0.2, 0.25) is 0 Å². The van der Waals surface area contributed by atoms with Crippen LogP contribution in [0, 0.1) is 0 Å². The standard InChI is InChI=1S/C14H15N3O/c1-2-9(1)13-11-7-15-5-3-12(11)16-14(17-13)10-4-6-18-8-10/h4,6,8-9,15H,1-3,5,7H2. The Labute approximate surface area is 105 Å². The average molecular weight is 241 g/mol. The van der Waals surface area contributed by atoms with Gasteiger partial charge in [-0.15, -0.1) is 0 Å². The van der Waals surface area contributed by atoms with E-state index in [2.05, 4.69) is 5.32 Å². The van der Waals surface area contributed by atoms with Gasteiger partial charge in [0.2, 0.25) is 0 Å². The molecular formula is C14H15N3O. The van der Waals surface area contributed by atoms with Crippen LogP contribution in [0.5, 0.6) is 0 Å². The number of rotatable bonds is 2. The van der Waals surface area contributed by atoms with Gasteiger partial charge in [0.05, 0.1) is 23.2 Å². The Bertz CT molecular complexity index is 573. The van der Waals surface area contributed by atoms with Crippen LogP contribution in [0.4, 0.5) is 0 Å². The molecule has 0 saturated heterocycles. The molecule has 1 aliphatic carbocycles. The molecule has 1 saturated carbocycles. The topological polar surface area (TPSA) is 51.0 Å². The molecule has 1 aliphatic heterocycles. The molecule has 0 amide bonds. The summed E-state index contributed by atoms with van der Waals surface area (Å²) >= 11 is 0. The maximum atomic E-state index is 5.14. The van der Waals surface area contributed by atoms with Crippen LogP contribution in [0.25, 0.3) is 11.4 Å². The fourth-order valence-corrected chi connectivity index (χ4v) is 2.58. The smallest absolute Gasteiger partial charge is 0.162 e. The van der Waals surface area contributed by atoms with Crippen LogP contribution >= 0.6 is 0 Å². The molecular weight excluding hydrogens is 226 g/mol. The molecule has 2 aliphatic rings. The summed E-state index contributed by atoms with van der Waals surface area (Å²) in [5.41, 5.74) is 4.82. The predicted molar refractivity (Wildman–Crippen MR) is 67.1 cm³/mol. The average Bonchev–Trinajstić information content (AvgIpc) is 3.12. The molecule has 0 radical (unpaired) electrons. The number of hydrogen-bond donors (Lipinski definition) is 1. The van der Waals surface area contributed by atoms with Gasteiger partial charge in [-0.2, -0.15) is 0 Å². The number of fused-ring (bicyclic) bond motifs is 1. The Morgan fingerprint density at radius 3 is 3.00 bits per heavy atom. The molecule has 1 N–H and O–H groups in total. The van der Waals surface area contributed by atoms with Crippen molar-refractivity contribution in [2.24, 2.45) is 0 Å². The molecule has 2 aromatic rings. The van der Waals surface area contributed by atoms with Crippen LogP contribution in [0.15, 0.2) is 23.0 Å².